The minimum absolute atomic E-state index is 0.579. The molecule has 1 N–H and O–H groups in total. The molecule has 2 fully saturated rings. The summed E-state index contributed by atoms with van der Waals surface area (Å²) in [4.78, 5) is 4.92. The topological polar surface area (TPSA) is 24.4 Å². The van der Waals surface area contributed by atoms with E-state index in [1.54, 1.807) is 0 Å². The Bertz CT molecular complexity index is 255. The second kappa shape index (κ2) is 6.20. The number of hydrogen-bond donors (Lipinski definition) is 1. The van der Waals surface area contributed by atoms with Gasteiger partial charge < -0.3 is 5.32 Å². The molecule has 1 aliphatic heterocycles. The lowest BCUT2D eigenvalue weighted by Crippen LogP contribution is -2.27. The molecule has 1 heterocycles. The van der Waals surface area contributed by atoms with E-state index in [1.807, 2.05) is 11.8 Å². The van der Waals surface area contributed by atoms with Gasteiger partial charge in [-0.15, -0.1) is 0 Å². The maximum absolute atomic E-state index is 4.92. The summed E-state index contributed by atoms with van der Waals surface area (Å²) in [5, 5.41) is 5.52. The van der Waals surface area contributed by atoms with E-state index in [2.05, 4.69) is 30.9 Å². The van der Waals surface area contributed by atoms with Gasteiger partial charge in [0, 0.05) is 17.0 Å². The molecule has 2 aliphatic rings. The molecule has 0 amide bonds. The molecule has 2 nitrogen and oxygen atoms in total. The standard InChI is InChI=1S/C12H22N2S2/c1-3-9-8-16-12(13-9)14-10-6-5-7-11(10)15-4-2/h9-11H,3-8H2,1-2H3,(H,13,14). The van der Waals surface area contributed by atoms with Crippen LogP contribution in [0.5, 0.6) is 0 Å². The van der Waals surface area contributed by atoms with Crippen LogP contribution in [-0.2, 0) is 0 Å². The molecule has 3 atom stereocenters. The Morgan fingerprint density at radius 1 is 1.44 bits per heavy atom. The molecule has 2 rings (SSSR count). The molecule has 92 valence electrons. The van der Waals surface area contributed by atoms with E-state index >= 15 is 0 Å². The first-order valence-electron chi connectivity index (χ1n) is 6.42. The van der Waals surface area contributed by atoms with Gasteiger partial charge >= 0.3 is 0 Å². The molecule has 1 saturated carbocycles. The minimum atomic E-state index is 0.579. The molecule has 4 heteroatoms. The van der Waals surface area contributed by atoms with E-state index in [4.69, 9.17) is 4.99 Å². The van der Waals surface area contributed by atoms with Crippen molar-refractivity contribution in [1.29, 1.82) is 0 Å². The first-order valence-corrected chi connectivity index (χ1v) is 8.45. The Labute approximate surface area is 107 Å². The number of nitrogens with one attached hydrogen (secondary N) is 1. The zero-order valence-electron chi connectivity index (χ0n) is 10.2. The van der Waals surface area contributed by atoms with Crippen molar-refractivity contribution in [3.05, 3.63) is 0 Å². The summed E-state index contributed by atoms with van der Waals surface area (Å²) in [6.45, 7) is 4.50. The van der Waals surface area contributed by atoms with Crippen LogP contribution >= 0.6 is 23.5 Å². The van der Waals surface area contributed by atoms with Gasteiger partial charge in [0.05, 0.1) is 6.04 Å². The summed E-state index contributed by atoms with van der Waals surface area (Å²) in [5.74, 6) is 2.43. The SMILES string of the molecule is CCSC1CCCC1N=C1NC(CC)CS1. The number of amidine groups is 1. The number of rotatable bonds is 4. The highest BCUT2D eigenvalue weighted by molar-refractivity contribution is 8.14. The minimum Gasteiger partial charge on any atom is -0.361 e. The fourth-order valence-corrected chi connectivity index (χ4v) is 4.66. The van der Waals surface area contributed by atoms with Crippen molar-refractivity contribution in [2.24, 2.45) is 4.99 Å². The first-order chi connectivity index (χ1) is 7.83. The highest BCUT2D eigenvalue weighted by Gasteiger charge is 2.28. The Morgan fingerprint density at radius 3 is 3.00 bits per heavy atom. The Hall–Kier alpha value is 0.170. The molecule has 0 aromatic heterocycles. The Balaban J connectivity index is 1.90. The first kappa shape index (κ1) is 12.6. The highest BCUT2D eigenvalue weighted by Crippen LogP contribution is 2.33. The molecule has 16 heavy (non-hydrogen) atoms. The van der Waals surface area contributed by atoms with Crippen molar-refractivity contribution >= 4 is 28.7 Å². The molecule has 1 aliphatic carbocycles. The van der Waals surface area contributed by atoms with E-state index < -0.39 is 0 Å². The largest absolute Gasteiger partial charge is 0.361 e. The number of nitrogens with zero attached hydrogens (tertiary/aromatic N) is 1. The molecule has 0 radical (unpaired) electrons. The van der Waals surface area contributed by atoms with Crippen LogP contribution in [0.25, 0.3) is 0 Å². The summed E-state index contributed by atoms with van der Waals surface area (Å²) < 4.78 is 0. The van der Waals surface area contributed by atoms with Crippen molar-refractivity contribution in [3.8, 4) is 0 Å². The van der Waals surface area contributed by atoms with Gasteiger partial charge in [0.2, 0.25) is 0 Å². The van der Waals surface area contributed by atoms with Gasteiger partial charge in [-0.2, -0.15) is 11.8 Å². The predicted molar refractivity (Wildman–Crippen MR) is 76.7 cm³/mol. The third-order valence-corrected chi connectivity index (χ3v) is 5.70. The molecule has 0 spiro atoms. The van der Waals surface area contributed by atoms with Crippen LogP contribution in [0.4, 0.5) is 0 Å². The Morgan fingerprint density at radius 2 is 2.31 bits per heavy atom. The lowest BCUT2D eigenvalue weighted by molar-refractivity contribution is 0.657. The predicted octanol–water partition coefficient (Wildman–Crippen LogP) is 3.13. The lowest BCUT2D eigenvalue weighted by atomic mass is 10.2. The van der Waals surface area contributed by atoms with Crippen LogP contribution in [0, 0.1) is 0 Å². The molecular weight excluding hydrogens is 236 g/mol. The average Bonchev–Trinajstić information content (AvgIpc) is 2.90. The van der Waals surface area contributed by atoms with E-state index in [-0.39, 0.29) is 0 Å². The molecule has 0 aromatic rings. The quantitative estimate of drug-likeness (QED) is 0.838. The van der Waals surface area contributed by atoms with Crippen molar-refractivity contribution in [1.82, 2.24) is 5.32 Å². The third-order valence-electron chi connectivity index (χ3n) is 3.32. The normalized spacial score (nSPS) is 36.9. The maximum Gasteiger partial charge on any atom is 0.157 e. The number of thioether (sulfide) groups is 2. The maximum atomic E-state index is 4.92. The zero-order chi connectivity index (χ0) is 11.4. The smallest absolute Gasteiger partial charge is 0.157 e. The van der Waals surface area contributed by atoms with Crippen molar-refractivity contribution in [2.45, 2.75) is 56.9 Å². The summed E-state index contributed by atoms with van der Waals surface area (Å²) in [6.07, 6.45) is 5.23. The fourth-order valence-electron chi connectivity index (χ4n) is 2.35. The lowest BCUT2D eigenvalue weighted by Gasteiger charge is -2.15. The van der Waals surface area contributed by atoms with Crippen LogP contribution in [0.15, 0.2) is 4.99 Å². The highest BCUT2D eigenvalue weighted by atomic mass is 32.2. The van der Waals surface area contributed by atoms with Gasteiger partial charge in [0.1, 0.15) is 0 Å². The van der Waals surface area contributed by atoms with Crippen LogP contribution in [0.1, 0.15) is 39.5 Å². The van der Waals surface area contributed by atoms with Crippen LogP contribution in [0.3, 0.4) is 0 Å². The summed E-state index contributed by atoms with van der Waals surface area (Å²) in [6, 6.07) is 1.23. The van der Waals surface area contributed by atoms with E-state index in [0.717, 1.165) is 5.25 Å². The van der Waals surface area contributed by atoms with E-state index in [0.29, 0.717) is 12.1 Å². The number of hydrogen-bond acceptors (Lipinski definition) is 3. The Kier molecular flexibility index (Phi) is 4.89. The van der Waals surface area contributed by atoms with Gasteiger partial charge in [-0.3, -0.25) is 4.99 Å². The molecule has 1 saturated heterocycles. The van der Waals surface area contributed by atoms with Crippen LogP contribution in [0.2, 0.25) is 0 Å². The second-order valence-corrected chi connectivity index (χ2v) is 7.01. The second-order valence-electron chi connectivity index (χ2n) is 4.49. The van der Waals surface area contributed by atoms with E-state index in [1.165, 1.54) is 42.4 Å². The average molecular weight is 258 g/mol. The van der Waals surface area contributed by atoms with Gasteiger partial charge in [0.15, 0.2) is 5.17 Å². The fraction of sp³-hybridized carbons (Fsp3) is 0.917. The van der Waals surface area contributed by atoms with E-state index in [9.17, 15) is 0 Å². The molecule has 0 aromatic carbocycles. The summed E-state index contributed by atoms with van der Waals surface area (Å²) >= 11 is 4.00. The van der Waals surface area contributed by atoms with Gasteiger partial charge in [-0.05, 0) is 25.0 Å². The van der Waals surface area contributed by atoms with Crippen LogP contribution in [-0.4, -0.2) is 34.0 Å². The van der Waals surface area contributed by atoms with Crippen molar-refractivity contribution < 1.29 is 0 Å². The summed E-state index contributed by atoms with van der Waals surface area (Å²) in [5.41, 5.74) is 0. The molecular formula is C12H22N2S2. The van der Waals surface area contributed by atoms with Gasteiger partial charge in [0.25, 0.3) is 0 Å². The van der Waals surface area contributed by atoms with Gasteiger partial charge in [-0.1, -0.05) is 32.0 Å². The summed E-state index contributed by atoms with van der Waals surface area (Å²) in [7, 11) is 0. The van der Waals surface area contributed by atoms with Gasteiger partial charge in [-0.25, -0.2) is 0 Å². The number of aliphatic imine (C=N–C) groups is 1. The monoisotopic (exact) mass is 258 g/mol. The molecule has 3 unspecified atom stereocenters. The van der Waals surface area contributed by atoms with Crippen molar-refractivity contribution in [2.75, 3.05) is 11.5 Å². The zero-order valence-corrected chi connectivity index (χ0v) is 11.9. The third kappa shape index (κ3) is 3.10. The van der Waals surface area contributed by atoms with Crippen molar-refractivity contribution in [3.63, 3.8) is 0 Å². The molecule has 0 bridgehead atoms. The van der Waals surface area contributed by atoms with Crippen LogP contribution < -0.4 is 5.32 Å².